The molecule has 0 saturated carbocycles. The fourth-order valence-electron chi connectivity index (χ4n) is 7.38. The molecule has 0 bridgehead atoms. The minimum Gasteiger partial charge on any atom is -0.466 e. The predicted molar refractivity (Wildman–Crippen MR) is 192 cm³/mol. The van der Waals surface area contributed by atoms with Crippen LogP contribution in [0.5, 0.6) is 0 Å². The van der Waals surface area contributed by atoms with Crippen LogP contribution in [0.15, 0.2) is 71.8 Å². The number of carbonyl (C=O) groups is 1. The monoisotopic (exact) mass is 637 g/mol. The molecular formula is C41H53N2O4+. The average molecular weight is 638 g/mol. The smallest absolute Gasteiger partial charge is 0.306 e. The van der Waals surface area contributed by atoms with E-state index in [2.05, 4.69) is 110 Å². The van der Waals surface area contributed by atoms with Gasteiger partial charge in [0.05, 0.1) is 31.7 Å². The number of nitrogens with zero attached hydrogens (tertiary/aromatic N) is 2. The van der Waals surface area contributed by atoms with E-state index in [1.54, 1.807) is 0 Å². The summed E-state index contributed by atoms with van der Waals surface area (Å²) in [5.74, 6) is -0.127. The molecular weight excluding hydrogens is 584 g/mol. The van der Waals surface area contributed by atoms with Crippen LogP contribution in [-0.2, 0) is 31.3 Å². The number of hydrogen-bond donors (Lipinski definition) is 0. The van der Waals surface area contributed by atoms with Crippen molar-refractivity contribution in [3.8, 4) is 0 Å². The summed E-state index contributed by atoms with van der Waals surface area (Å²) in [7, 11) is 0. The van der Waals surface area contributed by atoms with Gasteiger partial charge in [-0.1, -0.05) is 62.9 Å². The van der Waals surface area contributed by atoms with Crippen molar-refractivity contribution in [1.82, 2.24) is 4.57 Å². The summed E-state index contributed by atoms with van der Waals surface area (Å²) < 4.78 is 10.1. The number of benzene rings is 2. The Hall–Kier alpha value is -3.74. The van der Waals surface area contributed by atoms with Gasteiger partial charge in [0.1, 0.15) is 6.54 Å². The van der Waals surface area contributed by atoms with E-state index < -0.39 is 0 Å². The molecule has 1 aromatic heterocycles. The van der Waals surface area contributed by atoms with Crippen molar-refractivity contribution in [2.24, 2.45) is 5.41 Å². The molecule has 250 valence electrons. The van der Waals surface area contributed by atoms with Gasteiger partial charge in [-0.2, -0.15) is 4.58 Å². The van der Waals surface area contributed by atoms with E-state index in [0.29, 0.717) is 26.2 Å². The standard InChI is InChI=1S/C41H53N2O4/c1-8-45-39(44)21-16-23-43-36-20-13-11-18-34(36)41(6,7)38(43)27-32-25-31(28-40(4,5)29-32)26-37-30(3)33-17-10-12-19-35(33)42(37)22-14-15-24-47-46-9-2/h10-13,17-20,25-27H,3,8-9,14-16,21-24,28-29H2,1-2,4-7H3/q+1. The van der Waals surface area contributed by atoms with Crippen LogP contribution in [-0.4, -0.2) is 47.2 Å². The van der Waals surface area contributed by atoms with Crippen LogP contribution >= 0.6 is 0 Å². The van der Waals surface area contributed by atoms with E-state index >= 15 is 0 Å². The third-order valence-corrected chi connectivity index (χ3v) is 9.43. The molecule has 3 aromatic rings. The number of unbranched alkanes of at least 4 members (excludes halogenated alkanes) is 1. The second-order valence-corrected chi connectivity index (χ2v) is 14.2. The van der Waals surface area contributed by atoms with Crippen LogP contribution in [0.25, 0.3) is 23.6 Å². The maximum absolute atomic E-state index is 12.2. The molecule has 0 saturated heterocycles. The van der Waals surface area contributed by atoms with Crippen LogP contribution < -0.4 is 10.6 Å². The number of fused-ring (bicyclic) bond motifs is 2. The Kier molecular flexibility index (Phi) is 11.0. The zero-order valence-electron chi connectivity index (χ0n) is 29.4. The second kappa shape index (κ2) is 15.0. The fourth-order valence-corrected chi connectivity index (χ4v) is 7.38. The van der Waals surface area contributed by atoms with Gasteiger partial charge in [-0.3, -0.25) is 4.79 Å². The highest BCUT2D eigenvalue weighted by atomic mass is 17.2. The largest absolute Gasteiger partial charge is 0.466 e. The van der Waals surface area contributed by atoms with Gasteiger partial charge in [-0.05, 0) is 82.1 Å². The van der Waals surface area contributed by atoms with Gasteiger partial charge in [0, 0.05) is 52.1 Å². The molecule has 47 heavy (non-hydrogen) atoms. The molecule has 0 radical (unpaired) electrons. The molecule has 0 fully saturated rings. The molecule has 5 rings (SSSR count). The van der Waals surface area contributed by atoms with Gasteiger partial charge in [-0.25, -0.2) is 9.78 Å². The van der Waals surface area contributed by atoms with E-state index in [1.165, 1.54) is 44.4 Å². The molecule has 0 atom stereocenters. The Bertz CT molecular complexity index is 1800. The molecule has 2 aliphatic rings. The molecule has 6 heteroatoms. The Morgan fingerprint density at radius 1 is 0.936 bits per heavy atom. The summed E-state index contributed by atoms with van der Waals surface area (Å²) >= 11 is 0. The predicted octanol–water partition coefficient (Wildman–Crippen LogP) is 7.67. The molecule has 0 amide bonds. The van der Waals surface area contributed by atoms with E-state index in [-0.39, 0.29) is 16.8 Å². The lowest BCUT2D eigenvalue weighted by molar-refractivity contribution is -0.438. The van der Waals surface area contributed by atoms with Crippen molar-refractivity contribution < 1.29 is 23.9 Å². The summed E-state index contributed by atoms with van der Waals surface area (Å²) in [6.45, 7) is 21.0. The quantitative estimate of drug-likeness (QED) is 0.0599. The molecule has 2 aromatic carbocycles. The number of aromatic nitrogens is 1. The average Bonchev–Trinajstić information content (AvgIpc) is 3.41. The Morgan fingerprint density at radius 2 is 1.70 bits per heavy atom. The Balaban J connectivity index is 1.54. The lowest BCUT2D eigenvalue weighted by Gasteiger charge is -2.30. The first kappa shape index (κ1) is 34.6. The summed E-state index contributed by atoms with van der Waals surface area (Å²) in [5.41, 5.74) is 7.66. The first-order valence-electron chi connectivity index (χ1n) is 17.4. The zero-order chi connectivity index (χ0) is 33.6. The number of aryl methyl sites for hydroxylation is 1. The van der Waals surface area contributed by atoms with Crippen molar-refractivity contribution in [2.75, 3.05) is 26.4 Å². The van der Waals surface area contributed by atoms with E-state index in [4.69, 9.17) is 14.5 Å². The third kappa shape index (κ3) is 7.88. The summed E-state index contributed by atoms with van der Waals surface area (Å²) in [6, 6.07) is 17.3. The van der Waals surface area contributed by atoms with Crippen LogP contribution in [0.4, 0.5) is 5.69 Å². The summed E-state index contributed by atoms with van der Waals surface area (Å²) in [4.78, 5) is 22.5. The number of hydrogen-bond acceptors (Lipinski definition) is 4. The van der Waals surface area contributed by atoms with Crippen molar-refractivity contribution >= 4 is 40.9 Å². The van der Waals surface area contributed by atoms with Crippen LogP contribution in [0.1, 0.15) is 85.6 Å². The molecule has 0 N–H and O–H groups in total. The van der Waals surface area contributed by atoms with E-state index in [9.17, 15) is 4.79 Å². The third-order valence-electron chi connectivity index (χ3n) is 9.43. The number of rotatable bonds is 14. The van der Waals surface area contributed by atoms with E-state index in [0.717, 1.165) is 50.4 Å². The lowest BCUT2D eigenvalue weighted by atomic mass is 9.73. The minimum absolute atomic E-state index is 0.103. The Labute approximate surface area is 280 Å². The maximum atomic E-state index is 12.2. The summed E-state index contributed by atoms with van der Waals surface area (Å²) in [5, 5.41) is 3.47. The fraction of sp³-hybridized carbons (Fsp3) is 0.463. The number of ether oxygens (including phenoxy) is 1. The van der Waals surface area contributed by atoms with Crippen LogP contribution in [0.3, 0.4) is 0 Å². The highest BCUT2D eigenvalue weighted by Gasteiger charge is 2.44. The minimum atomic E-state index is -0.161. The van der Waals surface area contributed by atoms with E-state index in [1.807, 2.05) is 13.8 Å². The molecule has 1 aliphatic carbocycles. The van der Waals surface area contributed by atoms with Gasteiger partial charge in [-0.15, -0.1) is 0 Å². The van der Waals surface area contributed by atoms with Crippen LogP contribution in [0.2, 0.25) is 0 Å². The number of carbonyl (C=O) groups excluding carboxylic acids is 1. The molecule has 6 nitrogen and oxygen atoms in total. The number of allylic oxidation sites excluding steroid dienone is 4. The number of para-hydroxylation sites is 2. The normalized spacial score (nSPS) is 18.2. The first-order valence-corrected chi connectivity index (χ1v) is 17.4. The van der Waals surface area contributed by atoms with Crippen molar-refractivity contribution in [3.63, 3.8) is 0 Å². The lowest BCUT2D eigenvalue weighted by Crippen LogP contribution is -2.30. The summed E-state index contributed by atoms with van der Waals surface area (Å²) in [6.07, 6.45) is 12.3. The molecule has 0 spiro atoms. The van der Waals surface area contributed by atoms with Crippen molar-refractivity contribution in [3.05, 3.63) is 88.0 Å². The van der Waals surface area contributed by atoms with Crippen LogP contribution in [0, 0.1) is 5.41 Å². The first-order chi connectivity index (χ1) is 22.6. The maximum Gasteiger partial charge on any atom is 0.306 e. The number of esters is 1. The van der Waals surface area contributed by atoms with Gasteiger partial charge < -0.3 is 9.30 Å². The van der Waals surface area contributed by atoms with Gasteiger partial charge in [0.2, 0.25) is 5.69 Å². The highest BCUT2D eigenvalue weighted by molar-refractivity contribution is 6.03. The topological polar surface area (TPSA) is 52.7 Å². The zero-order valence-corrected chi connectivity index (χ0v) is 29.4. The Morgan fingerprint density at radius 3 is 2.49 bits per heavy atom. The van der Waals surface area contributed by atoms with Gasteiger partial charge >= 0.3 is 5.97 Å². The van der Waals surface area contributed by atoms with Gasteiger partial charge in [0.15, 0.2) is 5.71 Å². The SMILES string of the molecule is C=c1/c(=C\C2=CC(=C/C3=[N+](CCCC(=O)OCC)c4ccccc4C3(C)C)/CC(C)(C)C2)n(CCCCOOCC)c2ccccc12. The van der Waals surface area contributed by atoms with Crippen molar-refractivity contribution in [1.29, 1.82) is 0 Å². The molecule has 0 unspecified atom stereocenters. The van der Waals surface area contributed by atoms with Crippen molar-refractivity contribution in [2.45, 2.75) is 92.0 Å². The highest BCUT2D eigenvalue weighted by Crippen LogP contribution is 2.43. The molecule has 2 heterocycles. The molecule has 1 aliphatic heterocycles. The second-order valence-electron chi connectivity index (χ2n) is 14.2. The van der Waals surface area contributed by atoms with Gasteiger partial charge in [0.25, 0.3) is 0 Å².